The first-order valence-corrected chi connectivity index (χ1v) is 4.67. The first kappa shape index (κ1) is 11.0. The van der Waals surface area contributed by atoms with Gasteiger partial charge in [-0.15, -0.1) is 0 Å². The van der Waals surface area contributed by atoms with Crippen LogP contribution in [0.5, 0.6) is 0 Å². The minimum Gasteiger partial charge on any atom is -0.323 e. The van der Waals surface area contributed by atoms with Crippen LogP contribution in [0.1, 0.15) is 0 Å². The molecule has 0 fully saturated rings. The minimum atomic E-state index is -1.29. The van der Waals surface area contributed by atoms with Crippen molar-refractivity contribution >= 4 is 27.5 Å². The van der Waals surface area contributed by atoms with Gasteiger partial charge in [0.05, 0.1) is 11.0 Å². The predicted molar refractivity (Wildman–Crippen MR) is 48.7 cm³/mol. The average Bonchev–Trinajstić information content (AvgIpc) is 2.14. The Morgan fingerprint density at radius 2 is 1.79 bits per heavy atom. The molecule has 0 heterocycles. The van der Waals surface area contributed by atoms with Gasteiger partial charge in [0.15, 0.2) is 11.6 Å². The Balaban J connectivity index is 2.98. The molecule has 0 aliphatic heterocycles. The van der Waals surface area contributed by atoms with Crippen molar-refractivity contribution in [3.63, 3.8) is 0 Å². The Hall–Kier alpha value is -1.04. The van der Waals surface area contributed by atoms with Gasteiger partial charge in [0, 0.05) is 12.1 Å². The molecule has 1 aromatic carbocycles. The van der Waals surface area contributed by atoms with Gasteiger partial charge in [-0.25, -0.2) is 13.2 Å². The van der Waals surface area contributed by atoms with E-state index >= 15 is 0 Å². The third-order valence-corrected chi connectivity index (χ3v) is 1.91. The number of benzene rings is 1. The Morgan fingerprint density at radius 1 is 1.21 bits per heavy atom. The summed E-state index contributed by atoms with van der Waals surface area (Å²) >= 11 is 2.83. The molecule has 0 unspecified atom stereocenters. The summed E-state index contributed by atoms with van der Waals surface area (Å²) in [6.07, 6.45) is 0. The number of anilines is 1. The smallest absolute Gasteiger partial charge is 0.235 e. The van der Waals surface area contributed by atoms with E-state index in [1.807, 2.05) is 0 Å². The first-order chi connectivity index (χ1) is 6.54. The molecule has 0 spiro atoms. The van der Waals surface area contributed by atoms with Gasteiger partial charge in [-0.2, -0.15) is 0 Å². The van der Waals surface area contributed by atoms with Crippen molar-refractivity contribution in [2.45, 2.75) is 0 Å². The van der Waals surface area contributed by atoms with E-state index in [9.17, 15) is 18.0 Å². The van der Waals surface area contributed by atoms with Gasteiger partial charge >= 0.3 is 0 Å². The monoisotopic (exact) mass is 267 g/mol. The maximum Gasteiger partial charge on any atom is 0.235 e. The van der Waals surface area contributed by atoms with E-state index in [-0.39, 0.29) is 11.0 Å². The molecule has 1 N–H and O–H groups in total. The summed E-state index contributed by atoms with van der Waals surface area (Å²) in [7, 11) is 0. The van der Waals surface area contributed by atoms with Crippen LogP contribution in [0, 0.1) is 17.5 Å². The van der Waals surface area contributed by atoms with Gasteiger partial charge in [0.25, 0.3) is 0 Å². The zero-order chi connectivity index (χ0) is 10.7. The number of rotatable bonds is 2. The molecule has 0 bridgehead atoms. The molecule has 76 valence electrons. The van der Waals surface area contributed by atoms with Crippen molar-refractivity contribution in [1.29, 1.82) is 0 Å². The van der Waals surface area contributed by atoms with E-state index < -0.39 is 23.4 Å². The molecule has 2 nitrogen and oxygen atoms in total. The number of alkyl halides is 1. The second-order valence-corrected chi connectivity index (χ2v) is 2.99. The quantitative estimate of drug-likeness (QED) is 0.647. The summed E-state index contributed by atoms with van der Waals surface area (Å²) in [6, 6.07) is 0.963. The van der Waals surface area contributed by atoms with Gasteiger partial charge in [-0.3, -0.25) is 4.79 Å². The summed E-state index contributed by atoms with van der Waals surface area (Å²) in [4.78, 5) is 10.8. The zero-order valence-corrected chi connectivity index (χ0v) is 8.37. The third kappa shape index (κ3) is 2.47. The molecule has 0 atom stereocenters. The Labute approximate surface area is 86.2 Å². The van der Waals surface area contributed by atoms with Crippen molar-refractivity contribution in [3.8, 4) is 0 Å². The van der Waals surface area contributed by atoms with Crippen LogP contribution in [0.4, 0.5) is 18.9 Å². The highest BCUT2D eigenvalue weighted by Gasteiger charge is 2.11. The van der Waals surface area contributed by atoms with Gasteiger partial charge < -0.3 is 5.32 Å². The number of hydrogen-bond donors (Lipinski definition) is 1. The van der Waals surface area contributed by atoms with Crippen LogP contribution in [-0.2, 0) is 4.79 Å². The maximum absolute atomic E-state index is 12.9. The van der Waals surface area contributed by atoms with E-state index in [4.69, 9.17) is 0 Å². The lowest BCUT2D eigenvalue weighted by Crippen LogP contribution is -2.13. The lowest BCUT2D eigenvalue weighted by atomic mass is 10.3. The van der Waals surface area contributed by atoms with Gasteiger partial charge in [-0.05, 0) is 0 Å². The molecule has 0 aromatic heterocycles. The van der Waals surface area contributed by atoms with E-state index in [1.165, 1.54) is 0 Å². The van der Waals surface area contributed by atoms with E-state index in [0.29, 0.717) is 12.1 Å². The predicted octanol–water partition coefficient (Wildman–Crippen LogP) is 2.44. The largest absolute Gasteiger partial charge is 0.323 e. The maximum atomic E-state index is 12.9. The molecule has 1 rings (SSSR count). The van der Waals surface area contributed by atoms with Crippen LogP contribution in [0.15, 0.2) is 12.1 Å². The fraction of sp³-hybridized carbons (Fsp3) is 0.125. The highest BCUT2D eigenvalue weighted by atomic mass is 79.9. The molecule has 0 radical (unpaired) electrons. The summed E-state index contributed by atoms with van der Waals surface area (Å²) in [5, 5.41) is 2.01. The second kappa shape index (κ2) is 4.45. The van der Waals surface area contributed by atoms with Crippen molar-refractivity contribution in [2.75, 3.05) is 10.6 Å². The molecule has 6 heteroatoms. The summed E-state index contributed by atoms with van der Waals surface area (Å²) in [5.74, 6) is -4.07. The SMILES string of the molecule is O=C(CBr)Nc1cc(F)c(F)cc1F. The fourth-order valence-corrected chi connectivity index (χ4v) is 0.942. The number of amides is 1. The van der Waals surface area contributed by atoms with Crippen LogP contribution in [0.25, 0.3) is 0 Å². The summed E-state index contributed by atoms with van der Waals surface area (Å²) in [5.41, 5.74) is -0.381. The molecule has 0 saturated heterocycles. The lowest BCUT2D eigenvalue weighted by molar-refractivity contribution is -0.113. The van der Waals surface area contributed by atoms with Crippen molar-refractivity contribution < 1.29 is 18.0 Å². The summed E-state index contributed by atoms with van der Waals surface area (Å²) in [6.45, 7) is 0. The first-order valence-electron chi connectivity index (χ1n) is 3.55. The average molecular weight is 268 g/mol. The van der Waals surface area contributed by atoms with Gasteiger partial charge in [-0.1, -0.05) is 15.9 Å². The van der Waals surface area contributed by atoms with Crippen LogP contribution in [-0.4, -0.2) is 11.2 Å². The number of halogens is 4. The van der Waals surface area contributed by atoms with Gasteiger partial charge in [0.2, 0.25) is 5.91 Å². The number of hydrogen-bond acceptors (Lipinski definition) is 1. The zero-order valence-electron chi connectivity index (χ0n) is 6.78. The van der Waals surface area contributed by atoms with E-state index in [1.54, 1.807) is 0 Å². The Morgan fingerprint density at radius 3 is 2.36 bits per heavy atom. The van der Waals surface area contributed by atoms with Crippen LogP contribution in [0.2, 0.25) is 0 Å². The molecule has 14 heavy (non-hydrogen) atoms. The third-order valence-electron chi connectivity index (χ3n) is 1.41. The minimum absolute atomic E-state index is 0.0502. The highest BCUT2D eigenvalue weighted by Crippen LogP contribution is 2.18. The van der Waals surface area contributed by atoms with Crippen LogP contribution in [0.3, 0.4) is 0 Å². The molecule has 1 amide bonds. The topological polar surface area (TPSA) is 29.1 Å². The standard InChI is InChI=1S/C8H5BrF3NO/c9-3-8(14)13-7-2-5(11)4(10)1-6(7)12/h1-2H,3H2,(H,13,14). The van der Waals surface area contributed by atoms with Crippen molar-refractivity contribution in [2.24, 2.45) is 0 Å². The summed E-state index contributed by atoms with van der Waals surface area (Å²) < 4.78 is 37.9. The molecule has 0 aliphatic rings. The van der Waals surface area contributed by atoms with Crippen molar-refractivity contribution in [1.82, 2.24) is 0 Å². The highest BCUT2D eigenvalue weighted by molar-refractivity contribution is 9.09. The normalized spacial score (nSPS) is 10.0. The molecule has 0 saturated carbocycles. The number of nitrogens with one attached hydrogen (secondary N) is 1. The number of carbonyl (C=O) groups is 1. The second-order valence-electron chi connectivity index (χ2n) is 2.43. The van der Waals surface area contributed by atoms with Crippen molar-refractivity contribution in [3.05, 3.63) is 29.6 Å². The Kier molecular flexibility index (Phi) is 3.51. The molecular formula is C8H5BrF3NO. The Bertz CT molecular complexity index is 370. The van der Waals surface area contributed by atoms with E-state index in [2.05, 4.69) is 21.2 Å². The molecule has 1 aromatic rings. The van der Waals surface area contributed by atoms with E-state index in [0.717, 1.165) is 0 Å². The van der Waals surface area contributed by atoms with Gasteiger partial charge in [0.1, 0.15) is 5.82 Å². The molecule has 0 aliphatic carbocycles. The van der Waals surface area contributed by atoms with Crippen LogP contribution >= 0.6 is 15.9 Å². The van der Waals surface area contributed by atoms with Crippen LogP contribution < -0.4 is 5.32 Å². The number of carbonyl (C=O) groups excluding carboxylic acids is 1. The lowest BCUT2D eigenvalue weighted by Gasteiger charge is -2.04. The molecular weight excluding hydrogens is 263 g/mol. The fourth-order valence-electron chi connectivity index (χ4n) is 0.802.